The number of aliphatic hydroxyl groups is 1. The molecule has 0 aliphatic rings. The summed E-state index contributed by atoms with van der Waals surface area (Å²) in [6, 6.07) is 4.79. The van der Waals surface area contributed by atoms with Gasteiger partial charge in [-0.05, 0) is 40.2 Å². The fraction of sp³-hybridized carbons (Fsp3) is 0.105. The van der Waals surface area contributed by atoms with Gasteiger partial charge in [0.15, 0.2) is 22.3 Å². The highest BCUT2D eigenvalue weighted by Crippen LogP contribution is 2.35. The van der Waals surface area contributed by atoms with Gasteiger partial charge in [-0.1, -0.05) is 6.58 Å². The number of oxazole rings is 1. The van der Waals surface area contributed by atoms with E-state index in [1.807, 2.05) is 0 Å². The van der Waals surface area contributed by atoms with E-state index in [1.54, 1.807) is 0 Å². The van der Waals surface area contributed by atoms with E-state index in [1.165, 1.54) is 0 Å². The summed E-state index contributed by atoms with van der Waals surface area (Å²) >= 11 is 3.07. The Labute approximate surface area is 170 Å². The average Bonchev–Trinajstić information content (AvgIpc) is 3.02. The van der Waals surface area contributed by atoms with Gasteiger partial charge in [-0.15, -0.1) is 0 Å². The maximum Gasteiger partial charge on any atom is 0.239 e. The van der Waals surface area contributed by atoms with Crippen LogP contribution in [-0.2, 0) is 0 Å². The van der Waals surface area contributed by atoms with E-state index < -0.39 is 47.3 Å². The molecule has 0 amide bonds. The van der Waals surface area contributed by atoms with Crippen molar-refractivity contribution in [2.24, 2.45) is 5.73 Å². The summed E-state index contributed by atoms with van der Waals surface area (Å²) in [5.74, 6) is -4.37. The van der Waals surface area contributed by atoms with Gasteiger partial charge in [0.1, 0.15) is 23.1 Å². The van der Waals surface area contributed by atoms with Crippen LogP contribution in [0, 0.1) is 23.3 Å². The number of hydrogen-bond acceptors (Lipinski definition) is 5. The Kier molecular flexibility index (Phi) is 5.94. The molecule has 0 aliphatic heterocycles. The molecule has 2 aromatic carbocycles. The number of hydrogen-bond donors (Lipinski definition) is 2. The Balaban J connectivity index is 1.96. The number of ether oxygens (including phenoxy) is 1. The first-order valence-electron chi connectivity index (χ1n) is 8.04. The first-order chi connectivity index (χ1) is 13.7. The van der Waals surface area contributed by atoms with Gasteiger partial charge in [-0.25, -0.2) is 22.5 Å². The molecule has 29 heavy (non-hydrogen) atoms. The zero-order chi connectivity index (χ0) is 21.3. The van der Waals surface area contributed by atoms with Crippen molar-refractivity contribution in [2.45, 2.75) is 6.10 Å². The van der Waals surface area contributed by atoms with Gasteiger partial charge in [-0.2, -0.15) is 0 Å². The van der Waals surface area contributed by atoms with E-state index in [2.05, 4.69) is 27.5 Å². The molecule has 0 radical (unpaired) electrons. The first-order valence-corrected chi connectivity index (χ1v) is 8.84. The summed E-state index contributed by atoms with van der Waals surface area (Å²) < 4.78 is 66.1. The SMILES string of the molecule is C=C(N)c1c(F)ccc(O[C@H](CO)c2nc(-c3ccc(F)cc3F)c(Br)o2)c1F. The number of aromatic nitrogens is 1. The predicted octanol–water partition coefficient (Wildman–Crippen LogP) is 4.70. The third-order valence-electron chi connectivity index (χ3n) is 3.88. The van der Waals surface area contributed by atoms with E-state index in [4.69, 9.17) is 14.9 Å². The summed E-state index contributed by atoms with van der Waals surface area (Å²) in [4.78, 5) is 4.04. The van der Waals surface area contributed by atoms with E-state index in [9.17, 15) is 22.7 Å². The second-order valence-corrected chi connectivity index (χ2v) is 6.57. The standard InChI is InChI=1S/C19H13BrF4N2O3/c1-8(25)15-11(22)4-5-13(16(15)24)28-14(7-27)19-26-17(18(20)29-19)10-3-2-9(21)6-12(10)23/h2-6,14,27H,1,7,25H2/t14-/m1/s1. The van der Waals surface area contributed by atoms with E-state index >= 15 is 0 Å². The number of aliphatic hydroxyl groups excluding tert-OH is 1. The van der Waals surface area contributed by atoms with Crippen LogP contribution in [0.2, 0.25) is 0 Å². The van der Waals surface area contributed by atoms with Crippen LogP contribution in [0.15, 0.2) is 46.0 Å². The zero-order valence-electron chi connectivity index (χ0n) is 14.6. The van der Waals surface area contributed by atoms with Gasteiger partial charge >= 0.3 is 0 Å². The van der Waals surface area contributed by atoms with Crippen molar-refractivity contribution in [1.82, 2.24) is 4.98 Å². The maximum absolute atomic E-state index is 14.5. The van der Waals surface area contributed by atoms with Crippen molar-refractivity contribution in [1.29, 1.82) is 0 Å². The van der Waals surface area contributed by atoms with Crippen LogP contribution >= 0.6 is 15.9 Å². The lowest BCUT2D eigenvalue weighted by Gasteiger charge is -2.16. The predicted molar refractivity (Wildman–Crippen MR) is 99.6 cm³/mol. The molecule has 3 rings (SSSR count). The fourth-order valence-electron chi connectivity index (χ4n) is 2.54. The van der Waals surface area contributed by atoms with E-state index in [0.29, 0.717) is 6.07 Å². The molecule has 0 spiro atoms. The van der Waals surface area contributed by atoms with Crippen LogP contribution in [0.1, 0.15) is 17.6 Å². The van der Waals surface area contributed by atoms with Crippen LogP contribution < -0.4 is 10.5 Å². The summed E-state index contributed by atoms with van der Waals surface area (Å²) in [6.45, 7) is 2.60. The summed E-state index contributed by atoms with van der Waals surface area (Å²) in [7, 11) is 0. The highest BCUT2D eigenvalue weighted by molar-refractivity contribution is 9.10. The minimum Gasteiger partial charge on any atom is -0.475 e. The largest absolute Gasteiger partial charge is 0.475 e. The first kappa shape index (κ1) is 20.9. The van der Waals surface area contributed by atoms with E-state index in [0.717, 1.165) is 24.3 Å². The molecule has 5 nitrogen and oxygen atoms in total. The van der Waals surface area contributed by atoms with Gasteiger partial charge in [0.25, 0.3) is 0 Å². The molecule has 1 aromatic heterocycles. The lowest BCUT2D eigenvalue weighted by atomic mass is 10.1. The summed E-state index contributed by atoms with van der Waals surface area (Å²) in [5, 5.41) is 9.62. The van der Waals surface area contributed by atoms with Gasteiger partial charge in [0.05, 0.1) is 12.2 Å². The number of halogens is 5. The Morgan fingerprint density at radius 1 is 1.21 bits per heavy atom. The molecule has 3 aromatic rings. The second kappa shape index (κ2) is 8.26. The van der Waals surface area contributed by atoms with Crippen molar-refractivity contribution >= 4 is 21.6 Å². The molecule has 1 heterocycles. The van der Waals surface area contributed by atoms with Gasteiger partial charge in [0, 0.05) is 17.3 Å². The molecular weight excluding hydrogens is 460 g/mol. The Morgan fingerprint density at radius 2 is 1.93 bits per heavy atom. The fourth-order valence-corrected chi connectivity index (χ4v) is 3.01. The van der Waals surface area contributed by atoms with Crippen molar-refractivity contribution in [3.8, 4) is 17.0 Å². The normalized spacial score (nSPS) is 12.1. The van der Waals surface area contributed by atoms with Crippen molar-refractivity contribution in [3.63, 3.8) is 0 Å². The molecular formula is C19H13BrF4N2O3. The minimum atomic E-state index is -1.32. The van der Waals surface area contributed by atoms with Gasteiger partial charge < -0.3 is 20.0 Å². The van der Waals surface area contributed by atoms with Gasteiger partial charge in [0.2, 0.25) is 5.89 Å². The molecule has 152 valence electrons. The lowest BCUT2D eigenvalue weighted by Crippen LogP contribution is -2.14. The molecule has 10 heteroatoms. The minimum absolute atomic E-state index is 0.0179. The topological polar surface area (TPSA) is 81.5 Å². The molecule has 3 N–H and O–H groups in total. The molecule has 0 saturated heterocycles. The van der Waals surface area contributed by atoms with Crippen LogP contribution in [-0.4, -0.2) is 16.7 Å². The van der Waals surface area contributed by atoms with Crippen LogP contribution in [0.3, 0.4) is 0 Å². The molecule has 0 unspecified atom stereocenters. The van der Waals surface area contributed by atoms with Crippen molar-refractivity contribution < 1.29 is 31.8 Å². The zero-order valence-corrected chi connectivity index (χ0v) is 16.1. The number of benzene rings is 2. The Bertz CT molecular complexity index is 1090. The number of nitrogens with two attached hydrogens (primary N) is 1. The number of nitrogens with zero attached hydrogens (tertiary/aromatic N) is 1. The highest BCUT2D eigenvalue weighted by Gasteiger charge is 2.26. The smallest absolute Gasteiger partial charge is 0.239 e. The van der Waals surface area contributed by atoms with E-state index in [-0.39, 0.29) is 27.5 Å². The average molecular weight is 473 g/mol. The van der Waals surface area contributed by atoms with Crippen LogP contribution in [0.5, 0.6) is 5.75 Å². The molecule has 1 atom stereocenters. The van der Waals surface area contributed by atoms with Crippen molar-refractivity contribution in [3.05, 3.63) is 76.3 Å². The third kappa shape index (κ3) is 4.13. The summed E-state index contributed by atoms with van der Waals surface area (Å²) in [5.41, 5.74) is 4.39. The Morgan fingerprint density at radius 3 is 2.55 bits per heavy atom. The maximum atomic E-state index is 14.5. The lowest BCUT2D eigenvalue weighted by molar-refractivity contribution is 0.0890. The third-order valence-corrected chi connectivity index (χ3v) is 4.41. The van der Waals surface area contributed by atoms with Crippen molar-refractivity contribution in [2.75, 3.05) is 6.61 Å². The molecule has 0 aliphatic carbocycles. The molecule has 0 saturated carbocycles. The highest BCUT2D eigenvalue weighted by atomic mass is 79.9. The second-order valence-electron chi connectivity index (χ2n) is 5.85. The van der Waals surface area contributed by atoms with Crippen LogP contribution in [0.25, 0.3) is 17.0 Å². The van der Waals surface area contributed by atoms with Gasteiger partial charge in [-0.3, -0.25) is 0 Å². The monoisotopic (exact) mass is 472 g/mol. The molecule has 0 bridgehead atoms. The summed E-state index contributed by atoms with van der Waals surface area (Å²) in [6.07, 6.45) is -1.32. The quantitative estimate of drug-likeness (QED) is 0.508. The Hall–Kier alpha value is -2.85. The van der Waals surface area contributed by atoms with Crippen LogP contribution in [0.4, 0.5) is 17.6 Å². The number of rotatable bonds is 6. The molecule has 0 fully saturated rings.